The van der Waals surface area contributed by atoms with Crippen LogP contribution >= 0.6 is 0 Å². The van der Waals surface area contributed by atoms with Crippen LogP contribution in [0.1, 0.15) is 16.1 Å². The first kappa shape index (κ1) is 11.2. The fourth-order valence-electron chi connectivity index (χ4n) is 1.52. The number of para-hydroxylation sites is 1. The molecular formula is C12H12N2O3. The van der Waals surface area contributed by atoms with E-state index >= 15 is 0 Å². The summed E-state index contributed by atoms with van der Waals surface area (Å²) in [6, 6.07) is 8.94. The molecule has 1 heterocycles. The lowest BCUT2D eigenvalue weighted by atomic mass is 10.2. The Bertz CT molecular complexity index is 596. The molecule has 17 heavy (non-hydrogen) atoms. The molecule has 1 aromatic carbocycles. The van der Waals surface area contributed by atoms with Gasteiger partial charge in [0.15, 0.2) is 0 Å². The Morgan fingerprint density at radius 1 is 1.29 bits per heavy atom. The zero-order chi connectivity index (χ0) is 12.4. The van der Waals surface area contributed by atoms with Gasteiger partial charge in [0, 0.05) is 12.7 Å². The van der Waals surface area contributed by atoms with Gasteiger partial charge in [-0.1, -0.05) is 18.2 Å². The summed E-state index contributed by atoms with van der Waals surface area (Å²) in [5.41, 5.74) is 0.554. The number of aromatic nitrogens is 1. The highest BCUT2D eigenvalue weighted by Crippen LogP contribution is 2.09. The number of hydrogen-bond acceptors (Lipinski definition) is 3. The molecule has 1 aromatic heterocycles. The summed E-state index contributed by atoms with van der Waals surface area (Å²) in [5.74, 6) is -0.456. The summed E-state index contributed by atoms with van der Waals surface area (Å²) in [7, 11) is 1.58. The number of aryl methyl sites for hydroxylation is 1. The number of carbonyl (C=O) groups excluding carboxylic acids is 1. The molecule has 88 valence electrons. The lowest BCUT2D eigenvalue weighted by Gasteiger charge is -2.02. The molecule has 2 rings (SSSR count). The smallest absolute Gasteiger partial charge is 0.336 e. The molecule has 0 aliphatic carbocycles. The Kier molecular flexibility index (Phi) is 2.82. The van der Waals surface area contributed by atoms with Gasteiger partial charge in [-0.05, 0) is 19.1 Å². The lowest BCUT2D eigenvalue weighted by Crippen LogP contribution is -2.19. The fraction of sp³-hybridized carbons (Fsp3) is 0.167. The van der Waals surface area contributed by atoms with Crippen LogP contribution in [0.2, 0.25) is 0 Å². The highest BCUT2D eigenvalue weighted by molar-refractivity contribution is 6.04. The maximum atomic E-state index is 11.9. The number of nitrogens with one attached hydrogen (secondary N) is 1. The van der Waals surface area contributed by atoms with Crippen molar-refractivity contribution in [2.75, 3.05) is 5.32 Å². The van der Waals surface area contributed by atoms with Crippen molar-refractivity contribution in [1.82, 2.24) is 4.74 Å². The van der Waals surface area contributed by atoms with Gasteiger partial charge in [-0.15, -0.1) is 0 Å². The predicted octanol–water partition coefficient (Wildman–Crippen LogP) is 1.54. The molecule has 5 nitrogen and oxygen atoms in total. The van der Waals surface area contributed by atoms with Crippen molar-refractivity contribution in [3.63, 3.8) is 0 Å². The quantitative estimate of drug-likeness (QED) is 0.854. The molecule has 0 atom stereocenters. The van der Waals surface area contributed by atoms with Crippen LogP contribution in [0.15, 0.2) is 39.6 Å². The number of amides is 1. The average molecular weight is 232 g/mol. The van der Waals surface area contributed by atoms with E-state index in [4.69, 9.17) is 4.52 Å². The molecule has 0 spiro atoms. The maximum Gasteiger partial charge on any atom is 0.370 e. The fourth-order valence-corrected chi connectivity index (χ4v) is 1.52. The standard InChI is InChI=1S/C12H12N2O3/c1-8-10(12(16)17-14(8)2)11(15)13-9-6-4-3-5-7-9/h3-7H,1-2H3,(H,13,15). The molecule has 0 radical (unpaired) electrons. The number of hydrogen-bond donors (Lipinski definition) is 1. The third kappa shape index (κ3) is 2.13. The van der Waals surface area contributed by atoms with Crippen LogP contribution in [0.3, 0.4) is 0 Å². The Hall–Kier alpha value is -2.30. The van der Waals surface area contributed by atoms with Crippen molar-refractivity contribution in [1.29, 1.82) is 0 Å². The molecule has 0 saturated heterocycles. The van der Waals surface area contributed by atoms with Crippen molar-refractivity contribution in [3.05, 3.63) is 52.0 Å². The molecule has 0 fully saturated rings. The van der Waals surface area contributed by atoms with Crippen LogP contribution in [0.25, 0.3) is 0 Å². The zero-order valence-corrected chi connectivity index (χ0v) is 9.56. The molecule has 5 heteroatoms. The topological polar surface area (TPSA) is 64.2 Å². The molecule has 1 amide bonds. The second kappa shape index (κ2) is 4.29. The number of carbonyl (C=O) groups is 1. The molecule has 0 bridgehead atoms. The van der Waals surface area contributed by atoms with Gasteiger partial charge in [-0.3, -0.25) is 4.79 Å². The SMILES string of the molecule is Cc1c(C(=O)Nc2ccccc2)c(=O)on1C. The van der Waals surface area contributed by atoms with Gasteiger partial charge in [-0.2, -0.15) is 0 Å². The normalized spacial score (nSPS) is 10.2. The Labute approximate surface area is 97.6 Å². The maximum absolute atomic E-state index is 11.9. The minimum Gasteiger partial charge on any atom is -0.336 e. The highest BCUT2D eigenvalue weighted by Gasteiger charge is 2.19. The van der Waals surface area contributed by atoms with Gasteiger partial charge in [0.2, 0.25) is 0 Å². The first-order valence-electron chi connectivity index (χ1n) is 5.13. The van der Waals surface area contributed by atoms with E-state index in [0.717, 1.165) is 0 Å². The van der Waals surface area contributed by atoms with Crippen LogP contribution in [-0.4, -0.2) is 10.6 Å². The average Bonchev–Trinajstić information content (AvgIpc) is 2.54. The Balaban J connectivity index is 2.30. The van der Waals surface area contributed by atoms with Gasteiger partial charge < -0.3 is 9.84 Å². The van der Waals surface area contributed by atoms with Gasteiger partial charge in [0.25, 0.3) is 5.91 Å². The van der Waals surface area contributed by atoms with Gasteiger partial charge >= 0.3 is 5.63 Å². The molecule has 1 N–H and O–H groups in total. The highest BCUT2D eigenvalue weighted by atomic mass is 16.5. The number of nitrogens with zero attached hydrogens (tertiary/aromatic N) is 1. The number of rotatable bonds is 2. The molecule has 2 aromatic rings. The van der Waals surface area contributed by atoms with E-state index in [1.165, 1.54) is 4.74 Å². The van der Waals surface area contributed by atoms with Crippen molar-refractivity contribution >= 4 is 11.6 Å². The van der Waals surface area contributed by atoms with Gasteiger partial charge in [0.05, 0.1) is 5.69 Å². The Morgan fingerprint density at radius 2 is 1.94 bits per heavy atom. The summed E-state index contributed by atoms with van der Waals surface area (Å²) in [5, 5.41) is 2.64. The molecule has 0 aliphatic rings. The molecular weight excluding hydrogens is 220 g/mol. The third-order valence-electron chi connectivity index (χ3n) is 2.52. The van der Waals surface area contributed by atoms with E-state index in [2.05, 4.69) is 5.32 Å². The predicted molar refractivity (Wildman–Crippen MR) is 63.1 cm³/mol. The van der Waals surface area contributed by atoms with Crippen LogP contribution in [0.5, 0.6) is 0 Å². The van der Waals surface area contributed by atoms with Gasteiger partial charge in [0.1, 0.15) is 5.56 Å². The van der Waals surface area contributed by atoms with Crippen LogP contribution in [0, 0.1) is 6.92 Å². The second-order valence-corrected chi connectivity index (χ2v) is 3.66. The summed E-state index contributed by atoms with van der Waals surface area (Å²) in [6.45, 7) is 1.66. The number of anilines is 1. The monoisotopic (exact) mass is 232 g/mol. The van der Waals surface area contributed by atoms with Crippen molar-refractivity contribution in [3.8, 4) is 0 Å². The van der Waals surface area contributed by atoms with Crippen LogP contribution in [0.4, 0.5) is 5.69 Å². The molecule has 0 saturated carbocycles. The molecule has 0 aliphatic heterocycles. The van der Waals surface area contributed by atoms with Crippen molar-refractivity contribution in [2.24, 2.45) is 7.05 Å². The van der Waals surface area contributed by atoms with E-state index in [9.17, 15) is 9.59 Å². The second-order valence-electron chi connectivity index (χ2n) is 3.66. The summed E-state index contributed by atoms with van der Waals surface area (Å²) >= 11 is 0. The lowest BCUT2D eigenvalue weighted by molar-refractivity contribution is 0.102. The van der Waals surface area contributed by atoms with Crippen molar-refractivity contribution in [2.45, 2.75) is 6.92 Å². The van der Waals surface area contributed by atoms with E-state index in [-0.39, 0.29) is 5.56 Å². The first-order chi connectivity index (χ1) is 8.09. The molecule has 0 unspecified atom stereocenters. The first-order valence-corrected chi connectivity index (χ1v) is 5.13. The number of benzene rings is 1. The van der Waals surface area contributed by atoms with Gasteiger partial charge in [-0.25, -0.2) is 9.53 Å². The third-order valence-corrected chi connectivity index (χ3v) is 2.52. The van der Waals surface area contributed by atoms with E-state index < -0.39 is 11.5 Å². The van der Waals surface area contributed by atoms with E-state index in [1.54, 1.807) is 38.2 Å². The van der Waals surface area contributed by atoms with E-state index in [1.807, 2.05) is 6.07 Å². The van der Waals surface area contributed by atoms with E-state index in [0.29, 0.717) is 11.4 Å². The van der Waals surface area contributed by atoms with Crippen molar-refractivity contribution < 1.29 is 9.32 Å². The summed E-state index contributed by atoms with van der Waals surface area (Å²) in [4.78, 5) is 23.3. The summed E-state index contributed by atoms with van der Waals surface area (Å²) in [6.07, 6.45) is 0. The minimum absolute atomic E-state index is 0.0383. The minimum atomic E-state index is -0.626. The van der Waals surface area contributed by atoms with Crippen LogP contribution in [-0.2, 0) is 7.05 Å². The zero-order valence-electron chi connectivity index (χ0n) is 9.56. The Morgan fingerprint density at radius 3 is 2.47 bits per heavy atom. The largest absolute Gasteiger partial charge is 0.370 e. The van der Waals surface area contributed by atoms with Crippen LogP contribution < -0.4 is 10.9 Å². The summed E-state index contributed by atoms with van der Waals surface area (Å²) < 4.78 is 6.08.